The van der Waals surface area contributed by atoms with E-state index < -0.39 is 0 Å². The highest BCUT2D eigenvalue weighted by Gasteiger charge is 2.08. The van der Waals surface area contributed by atoms with Gasteiger partial charge in [0.15, 0.2) is 0 Å². The molecule has 2 N–H and O–H groups in total. The van der Waals surface area contributed by atoms with Crippen LogP contribution in [0.2, 0.25) is 0 Å². The average molecular weight is 280 g/mol. The smallest absolute Gasteiger partial charge is 0.119 e. The summed E-state index contributed by atoms with van der Waals surface area (Å²) < 4.78 is 5.31. The van der Waals surface area contributed by atoms with Gasteiger partial charge in [-0.25, -0.2) is 0 Å². The molecule has 3 heteroatoms. The second-order valence-electron chi connectivity index (χ2n) is 5.24. The number of ether oxygens (including phenoxy) is 1. The zero-order valence-corrected chi connectivity index (χ0v) is 12.4. The number of aromatic amines is 1. The van der Waals surface area contributed by atoms with E-state index in [1.165, 1.54) is 16.5 Å². The standard InChI is InChI=1S/C18H20N2O/c1-13(14-6-4-3-5-7-14)19-11-15-12-20-18-9-8-16(21-2)10-17(15)18/h3-10,12-13,19-20H,11H2,1-2H3/t13-/m0/s1. The Morgan fingerprint density at radius 3 is 2.71 bits per heavy atom. The molecule has 0 fully saturated rings. The van der Waals surface area contributed by atoms with Crippen LogP contribution in [0.5, 0.6) is 5.75 Å². The molecule has 2 aromatic carbocycles. The Labute approximate surface area is 125 Å². The summed E-state index contributed by atoms with van der Waals surface area (Å²) in [5.41, 5.74) is 3.70. The highest BCUT2D eigenvalue weighted by molar-refractivity contribution is 5.84. The molecule has 0 aliphatic rings. The molecule has 0 amide bonds. The van der Waals surface area contributed by atoms with Crippen molar-refractivity contribution in [3.63, 3.8) is 0 Å². The number of hydrogen-bond donors (Lipinski definition) is 2. The summed E-state index contributed by atoms with van der Waals surface area (Å²) >= 11 is 0. The van der Waals surface area contributed by atoms with E-state index in [0.29, 0.717) is 6.04 Å². The van der Waals surface area contributed by atoms with Gasteiger partial charge in [0.05, 0.1) is 7.11 Å². The Morgan fingerprint density at radius 2 is 1.95 bits per heavy atom. The molecule has 0 aliphatic heterocycles. The quantitative estimate of drug-likeness (QED) is 0.740. The van der Waals surface area contributed by atoms with Crippen LogP contribution in [0.25, 0.3) is 10.9 Å². The SMILES string of the molecule is COc1ccc2[nH]cc(CN[C@@H](C)c3ccccc3)c2c1. The van der Waals surface area contributed by atoms with Crippen LogP contribution in [0.1, 0.15) is 24.1 Å². The zero-order chi connectivity index (χ0) is 14.7. The van der Waals surface area contributed by atoms with Gasteiger partial charge < -0.3 is 15.0 Å². The maximum absolute atomic E-state index is 5.31. The van der Waals surface area contributed by atoms with Gasteiger partial charge in [-0.1, -0.05) is 30.3 Å². The number of hydrogen-bond acceptors (Lipinski definition) is 2. The molecular weight excluding hydrogens is 260 g/mol. The summed E-state index contributed by atoms with van der Waals surface area (Å²) in [6, 6.07) is 16.9. The Balaban J connectivity index is 1.76. The summed E-state index contributed by atoms with van der Waals surface area (Å²) in [4.78, 5) is 3.31. The summed E-state index contributed by atoms with van der Waals surface area (Å²) in [7, 11) is 1.70. The van der Waals surface area contributed by atoms with E-state index in [0.717, 1.165) is 17.8 Å². The van der Waals surface area contributed by atoms with Crippen molar-refractivity contribution in [1.82, 2.24) is 10.3 Å². The Bertz CT molecular complexity index is 718. The molecule has 1 aromatic heterocycles. The molecule has 0 spiro atoms. The van der Waals surface area contributed by atoms with Crippen molar-refractivity contribution < 1.29 is 4.74 Å². The maximum Gasteiger partial charge on any atom is 0.119 e. The van der Waals surface area contributed by atoms with Crippen LogP contribution in [0.4, 0.5) is 0 Å². The fourth-order valence-corrected chi connectivity index (χ4v) is 2.55. The molecule has 0 unspecified atom stereocenters. The van der Waals surface area contributed by atoms with Crippen molar-refractivity contribution in [2.24, 2.45) is 0 Å². The predicted molar refractivity (Wildman–Crippen MR) is 86.5 cm³/mol. The second kappa shape index (κ2) is 6.02. The van der Waals surface area contributed by atoms with Gasteiger partial charge in [-0.05, 0) is 36.2 Å². The highest BCUT2D eigenvalue weighted by Crippen LogP contribution is 2.24. The summed E-state index contributed by atoms with van der Waals surface area (Å²) in [6.07, 6.45) is 2.06. The fourth-order valence-electron chi connectivity index (χ4n) is 2.55. The number of rotatable bonds is 5. The van der Waals surface area contributed by atoms with Crippen molar-refractivity contribution >= 4 is 10.9 Å². The molecular formula is C18H20N2O. The second-order valence-corrected chi connectivity index (χ2v) is 5.24. The number of methoxy groups -OCH3 is 1. The molecule has 1 heterocycles. The van der Waals surface area contributed by atoms with Gasteiger partial charge in [-0.15, -0.1) is 0 Å². The first-order valence-corrected chi connectivity index (χ1v) is 7.20. The number of fused-ring (bicyclic) bond motifs is 1. The van der Waals surface area contributed by atoms with E-state index in [2.05, 4.69) is 59.8 Å². The van der Waals surface area contributed by atoms with Crippen molar-refractivity contribution in [1.29, 1.82) is 0 Å². The average Bonchev–Trinajstić information content (AvgIpc) is 2.95. The third-order valence-electron chi connectivity index (χ3n) is 3.87. The Hall–Kier alpha value is -2.26. The topological polar surface area (TPSA) is 37.0 Å². The molecule has 0 saturated heterocycles. The van der Waals surface area contributed by atoms with Gasteiger partial charge >= 0.3 is 0 Å². The molecule has 0 aliphatic carbocycles. The van der Waals surface area contributed by atoms with Gasteiger partial charge in [0, 0.05) is 29.7 Å². The summed E-state index contributed by atoms with van der Waals surface area (Å²) in [5.74, 6) is 0.888. The molecule has 0 radical (unpaired) electrons. The van der Waals surface area contributed by atoms with Crippen LogP contribution < -0.4 is 10.1 Å². The lowest BCUT2D eigenvalue weighted by molar-refractivity contribution is 0.415. The lowest BCUT2D eigenvalue weighted by atomic mass is 10.1. The first-order chi connectivity index (χ1) is 10.3. The van der Waals surface area contributed by atoms with Crippen molar-refractivity contribution in [3.05, 3.63) is 65.9 Å². The minimum atomic E-state index is 0.321. The first-order valence-electron chi connectivity index (χ1n) is 7.20. The Kier molecular flexibility index (Phi) is 3.93. The Morgan fingerprint density at radius 1 is 1.14 bits per heavy atom. The monoisotopic (exact) mass is 280 g/mol. The minimum absolute atomic E-state index is 0.321. The van der Waals surface area contributed by atoms with Gasteiger partial charge in [-0.2, -0.15) is 0 Å². The van der Waals surface area contributed by atoms with E-state index >= 15 is 0 Å². The van der Waals surface area contributed by atoms with E-state index in [-0.39, 0.29) is 0 Å². The predicted octanol–water partition coefficient (Wildman–Crippen LogP) is 4.03. The third kappa shape index (κ3) is 2.93. The molecule has 0 bridgehead atoms. The maximum atomic E-state index is 5.31. The highest BCUT2D eigenvalue weighted by atomic mass is 16.5. The van der Waals surface area contributed by atoms with E-state index in [4.69, 9.17) is 4.74 Å². The van der Waals surface area contributed by atoms with E-state index in [9.17, 15) is 0 Å². The molecule has 1 atom stereocenters. The first kappa shape index (κ1) is 13.7. The van der Waals surface area contributed by atoms with Crippen LogP contribution in [-0.2, 0) is 6.54 Å². The number of nitrogens with one attached hydrogen (secondary N) is 2. The lowest BCUT2D eigenvalue weighted by Gasteiger charge is -2.13. The molecule has 3 aromatic rings. The van der Waals surface area contributed by atoms with Gasteiger partial charge in [-0.3, -0.25) is 0 Å². The van der Waals surface area contributed by atoms with Crippen LogP contribution in [-0.4, -0.2) is 12.1 Å². The molecule has 3 nitrogen and oxygen atoms in total. The number of H-pyrrole nitrogens is 1. The van der Waals surface area contributed by atoms with Gasteiger partial charge in [0.2, 0.25) is 0 Å². The van der Waals surface area contributed by atoms with Crippen LogP contribution in [0.15, 0.2) is 54.7 Å². The summed E-state index contributed by atoms with van der Waals surface area (Å²) in [6.45, 7) is 3.01. The number of aromatic nitrogens is 1. The third-order valence-corrected chi connectivity index (χ3v) is 3.87. The molecule has 3 rings (SSSR count). The normalized spacial score (nSPS) is 12.5. The van der Waals surface area contributed by atoms with Crippen LogP contribution in [0, 0.1) is 0 Å². The van der Waals surface area contributed by atoms with Gasteiger partial charge in [0.25, 0.3) is 0 Å². The van der Waals surface area contributed by atoms with Crippen molar-refractivity contribution in [2.45, 2.75) is 19.5 Å². The molecule has 108 valence electrons. The van der Waals surface area contributed by atoms with Crippen molar-refractivity contribution in [3.8, 4) is 5.75 Å². The van der Waals surface area contributed by atoms with E-state index in [1.807, 2.05) is 12.1 Å². The largest absolute Gasteiger partial charge is 0.497 e. The van der Waals surface area contributed by atoms with Crippen molar-refractivity contribution in [2.75, 3.05) is 7.11 Å². The van der Waals surface area contributed by atoms with Crippen LogP contribution >= 0.6 is 0 Å². The minimum Gasteiger partial charge on any atom is -0.497 e. The van der Waals surface area contributed by atoms with Crippen LogP contribution in [0.3, 0.4) is 0 Å². The summed E-state index contributed by atoms with van der Waals surface area (Å²) in [5, 5.41) is 4.78. The zero-order valence-electron chi connectivity index (χ0n) is 12.4. The lowest BCUT2D eigenvalue weighted by Crippen LogP contribution is -2.17. The fraction of sp³-hybridized carbons (Fsp3) is 0.222. The molecule has 21 heavy (non-hydrogen) atoms. The van der Waals surface area contributed by atoms with Gasteiger partial charge in [0.1, 0.15) is 5.75 Å². The molecule has 0 saturated carbocycles. The van der Waals surface area contributed by atoms with E-state index in [1.54, 1.807) is 7.11 Å². The number of benzene rings is 2.